The Bertz CT molecular complexity index is 829. The standard InChI is InChI=1S/C16H12Cl2F3N3O2/c17-4-3-13(25)23-11-7-9(6-10(8-11)16(19,20)21)15(26)24-12-2-1-5-22-14(12)18/h1-2,5-8H,3-4H2,(H,23,25)(H,24,26). The minimum atomic E-state index is -4.70. The lowest BCUT2D eigenvalue weighted by Crippen LogP contribution is -2.17. The predicted octanol–water partition coefficient (Wildman–Crippen LogP) is 4.57. The van der Waals surface area contributed by atoms with Gasteiger partial charge in [-0.05, 0) is 30.3 Å². The third-order valence-electron chi connectivity index (χ3n) is 3.14. The Morgan fingerprint density at radius 3 is 2.50 bits per heavy atom. The third-order valence-corrected chi connectivity index (χ3v) is 3.63. The van der Waals surface area contributed by atoms with Crippen LogP contribution in [-0.2, 0) is 11.0 Å². The number of hydrogen-bond donors (Lipinski definition) is 2. The molecule has 0 radical (unpaired) electrons. The second-order valence-corrected chi connectivity index (χ2v) is 5.82. The zero-order chi connectivity index (χ0) is 19.3. The molecule has 5 nitrogen and oxygen atoms in total. The average Bonchev–Trinajstić information content (AvgIpc) is 2.56. The van der Waals surface area contributed by atoms with E-state index >= 15 is 0 Å². The number of carbonyl (C=O) groups excluding carboxylic acids is 2. The van der Waals surface area contributed by atoms with E-state index in [1.807, 2.05) is 0 Å². The van der Waals surface area contributed by atoms with Crippen molar-refractivity contribution < 1.29 is 22.8 Å². The van der Waals surface area contributed by atoms with Crippen molar-refractivity contribution in [3.05, 3.63) is 52.8 Å². The molecule has 0 saturated carbocycles. The van der Waals surface area contributed by atoms with Crippen LogP contribution in [0.4, 0.5) is 24.5 Å². The van der Waals surface area contributed by atoms with Gasteiger partial charge in [0.15, 0.2) is 5.15 Å². The van der Waals surface area contributed by atoms with Crippen molar-refractivity contribution in [2.45, 2.75) is 12.6 Å². The van der Waals surface area contributed by atoms with E-state index in [2.05, 4.69) is 15.6 Å². The summed E-state index contributed by atoms with van der Waals surface area (Å²) in [7, 11) is 0. The van der Waals surface area contributed by atoms with E-state index in [0.717, 1.165) is 12.1 Å². The van der Waals surface area contributed by atoms with Gasteiger partial charge in [-0.25, -0.2) is 4.98 Å². The molecule has 138 valence electrons. The van der Waals surface area contributed by atoms with E-state index in [1.165, 1.54) is 18.3 Å². The quantitative estimate of drug-likeness (QED) is 0.565. The number of nitrogens with zero attached hydrogens (tertiary/aromatic N) is 1. The molecule has 0 saturated heterocycles. The Morgan fingerprint density at radius 2 is 1.88 bits per heavy atom. The molecule has 0 atom stereocenters. The van der Waals surface area contributed by atoms with Crippen molar-refractivity contribution in [3.63, 3.8) is 0 Å². The number of halogens is 5. The van der Waals surface area contributed by atoms with E-state index in [0.29, 0.717) is 6.07 Å². The van der Waals surface area contributed by atoms with Crippen LogP contribution in [-0.4, -0.2) is 22.7 Å². The van der Waals surface area contributed by atoms with Crippen LogP contribution < -0.4 is 10.6 Å². The molecule has 2 aromatic rings. The molecule has 2 rings (SSSR count). The lowest BCUT2D eigenvalue weighted by Gasteiger charge is -2.13. The first-order valence-corrected chi connectivity index (χ1v) is 8.12. The number of carbonyl (C=O) groups is 2. The Balaban J connectivity index is 2.35. The number of amides is 2. The fourth-order valence-corrected chi connectivity index (χ4v) is 2.32. The van der Waals surface area contributed by atoms with Gasteiger partial charge in [-0.3, -0.25) is 9.59 Å². The van der Waals surface area contributed by atoms with E-state index in [4.69, 9.17) is 23.2 Å². The number of nitrogens with one attached hydrogen (secondary N) is 2. The zero-order valence-corrected chi connectivity index (χ0v) is 14.5. The van der Waals surface area contributed by atoms with Gasteiger partial charge in [0.2, 0.25) is 5.91 Å². The fourth-order valence-electron chi connectivity index (χ4n) is 1.98. The van der Waals surface area contributed by atoms with Gasteiger partial charge in [-0.1, -0.05) is 11.6 Å². The summed E-state index contributed by atoms with van der Waals surface area (Å²) in [6.07, 6.45) is -3.38. The number of hydrogen-bond acceptors (Lipinski definition) is 3. The second kappa shape index (κ2) is 8.37. The van der Waals surface area contributed by atoms with Crippen LogP contribution in [0.15, 0.2) is 36.5 Å². The molecule has 0 bridgehead atoms. The summed E-state index contributed by atoms with van der Waals surface area (Å²) in [4.78, 5) is 27.7. The maximum atomic E-state index is 13.1. The third kappa shape index (κ3) is 5.34. The van der Waals surface area contributed by atoms with E-state index in [9.17, 15) is 22.8 Å². The number of alkyl halides is 4. The first-order valence-electron chi connectivity index (χ1n) is 7.20. The molecular formula is C16H12Cl2F3N3O2. The lowest BCUT2D eigenvalue weighted by atomic mass is 10.1. The lowest BCUT2D eigenvalue weighted by molar-refractivity contribution is -0.137. The van der Waals surface area contributed by atoms with Crippen molar-refractivity contribution in [3.8, 4) is 0 Å². The minimum absolute atomic E-state index is 0.0107. The fraction of sp³-hybridized carbons (Fsp3) is 0.188. The molecule has 0 spiro atoms. The maximum Gasteiger partial charge on any atom is 0.416 e. The average molecular weight is 406 g/mol. The summed E-state index contributed by atoms with van der Waals surface area (Å²) in [6.45, 7) is 0. The van der Waals surface area contributed by atoms with E-state index in [-0.39, 0.29) is 34.4 Å². The van der Waals surface area contributed by atoms with Gasteiger partial charge in [-0.2, -0.15) is 13.2 Å². The van der Waals surface area contributed by atoms with Crippen molar-refractivity contribution in [1.82, 2.24) is 4.98 Å². The number of benzene rings is 1. The normalized spacial score (nSPS) is 11.1. The summed E-state index contributed by atoms with van der Waals surface area (Å²) in [5, 5.41) is 4.65. The van der Waals surface area contributed by atoms with Crippen molar-refractivity contribution in [2.24, 2.45) is 0 Å². The van der Waals surface area contributed by atoms with E-state index < -0.39 is 23.6 Å². The van der Waals surface area contributed by atoms with E-state index in [1.54, 1.807) is 0 Å². The molecule has 2 amide bonds. The highest BCUT2D eigenvalue weighted by atomic mass is 35.5. The van der Waals surface area contributed by atoms with Crippen LogP contribution in [0.1, 0.15) is 22.3 Å². The van der Waals surface area contributed by atoms with Crippen molar-refractivity contribution in [1.29, 1.82) is 0 Å². The van der Waals surface area contributed by atoms with Gasteiger partial charge in [0.05, 0.1) is 11.3 Å². The molecule has 10 heteroatoms. The Kier molecular flexibility index (Phi) is 6.44. The Morgan fingerprint density at radius 1 is 1.15 bits per heavy atom. The predicted molar refractivity (Wildman–Crippen MR) is 92.6 cm³/mol. The number of rotatable bonds is 5. The highest BCUT2D eigenvalue weighted by Crippen LogP contribution is 2.32. The van der Waals surface area contributed by atoms with Gasteiger partial charge in [0.1, 0.15) is 0 Å². The van der Waals surface area contributed by atoms with Crippen LogP contribution in [0, 0.1) is 0 Å². The smallest absolute Gasteiger partial charge is 0.326 e. The molecule has 1 aromatic heterocycles. The monoisotopic (exact) mass is 405 g/mol. The summed E-state index contributed by atoms with van der Waals surface area (Å²) >= 11 is 11.2. The van der Waals surface area contributed by atoms with Gasteiger partial charge in [-0.15, -0.1) is 11.6 Å². The molecule has 0 aliphatic carbocycles. The number of anilines is 2. The SMILES string of the molecule is O=C(CCCl)Nc1cc(C(=O)Nc2cccnc2Cl)cc(C(F)(F)F)c1. The topological polar surface area (TPSA) is 71.1 Å². The van der Waals surface area contributed by atoms with Crippen LogP contribution in [0.25, 0.3) is 0 Å². The molecular weight excluding hydrogens is 394 g/mol. The first kappa shape index (κ1) is 20.0. The highest BCUT2D eigenvalue weighted by Gasteiger charge is 2.32. The van der Waals surface area contributed by atoms with Crippen LogP contribution in [0.3, 0.4) is 0 Å². The molecule has 1 aromatic carbocycles. The largest absolute Gasteiger partial charge is 0.416 e. The Labute approximate surface area is 156 Å². The summed E-state index contributed by atoms with van der Waals surface area (Å²) in [5.41, 5.74) is -1.41. The van der Waals surface area contributed by atoms with Crippen molar-refractivity contribution >= 4 is 46.4 Å². The molecule has 1 heterocycles. The second-order valence-electron chi connectivity index (χ2n) is 5.08. The van der Waals surface area contributed by atoms with Crippen LogP contribution >= 0.6 is 23.2 Å². The molecule has 0 fully saturated rings. The molecule has 2 N–H and O–H groups in total. The first-order chi connectivity index (χ1) is 12.2. The van der Waals surface area contributed by atoms with Crippen LogP contribution in [0.5, 0.6) is 0 Å². The summed E-state index contributed by atoms with van der Waals surface area (Å²) < 4.78 is 39.3. The highest BCUT2D eigenvalue weighted by molar-refractivity contribution is 6.32. The van der Waals surface area contributed by atoms with Crippen molar-refractivity contribution in [2.75, 3.05) is 16.5 Å². The maximum absolute atomic E-state index is 13.1. The number of pyridine rings is 1. The molecule has 0 aliphatic heterocycles. The minimum Gasteiger partial charge on any atom is -0.326 e. The Hall–Kier alpha value is -2.32. The van der Waals surface area contributed by atoms with Gasteiger partial charge < -0.3 is 10.6 Å². The van der Waals surface area contributed by atoms with Gasteiger partial charge in [0, 0.05) is 29.7 Å². The number of aromatic nitrogens is 1. The summed E-state index contributed by atoms with van der Waals surface area (Å²) in [6, 6.07) is 5.49. The summed E-state index contributed by atoms with van der Waals surface area (Å²) in [5.74, 6) is -1.39. The van der Waals surface area contributed by atoms with Gasteiger partial charge >= 0.3 is 6.18 Å². The molecule has 26 heavy (non-hydrogen) atoms. The zero-order valence-electron chi connectivity index (χ0n) is 13.0. The molecule has 0 unspecified atom stereocenters. The van der Waals surface area contributed by atoms with Gasteiger partial charge in [0.25, 0.3) is 5.91 Å². The molecule has 0 aliphatic rings. The van der Waals surface area contributed by atoms with Crippen LogP contribution in [0.2, 0.25) is 5.15 Å².